The Morgan fingerprint density at radius 3 is 1.95 bits per heavy atom. The van der Waals surface area contributed by atoms with Gasteiger partial charge in [-0.15, -0.1) is 6.58 Å². The van der Waals surface area contributed by atoms with Crippen LogP contribution in [-0.4, -0.2) is 12.6 Å². The third-order valence-electron chi connectivity index (χ3n) is 2.97. The number of esters is 1. The largest absolute Gasteiger partial charge is 0.466 e. The van der Waals surface area contributed by atoms with Crippen molar-refractivity contribution in [2.24, 2.45) is 5.41 Å². The zero-order chi connectivity index (χ0) is 16.6. The molecule has 0 amide bonds. The molecule has 0 atom stereocenters. The molecule has 0 aliphatic carbocycles. The van der Waals surface area contributed by atoms with Gasteiger partial charge in [0.05, 0.1) is 6.61 Å². The van der Waals surface area contributed by atoms with Crippen molar-refractivity contribution >= 4 is 5.97 Å². The van der Waals surface area contributed by atoms with Crippen LogP contribution in [-0.2, 0) is 42.2 Å². The quantitative estimate of drug-likeness (QED) is 0.289. The third kappa shape index (κ3) is 25.6. The van der Waals surface area contributed by atoms with Crippen LogP contribution in [0.2, 0.25) is 0 Å². The Morgan fingerprint density at radius 1 is 1.10 bits per heavy atom. The van der Waals surface area contributed by atoms with Gasteiger partial charge in [-0.05, 0) is 31.6 Å². The summed E-state index contributed by atoms with van der Waals surface area (Å²) in [4.78, 5) is 11.3. The number of carbonyl (C=O) groups excluding carboxylic acids is 1. The Labute approximate surface area is 159 Å². The molecule has 0 aliphatic rings. The van der Waals surface area contributed by atoms with E-state index in [0.29, 0.717) is 18.4 Å². The van der Waals surface area contributed by atoms with Gasteiger partial charge >= 0.3 is 5.97 Å². The van der Waals surface area contributed by atoms with Gasteiger partial charge in [0.15, 0.2) is 0 Å². The Morgan fingerprint density at radius 2 is 1.57 bits per heavy atom. The van der Waals surface area contributed by atoms with Gasteiger partial charge in [-0.1, -0.05) is 60.5 Å². The van der Waals surface area contributed by atoms with Crippen LogP contribution in [0.4, 0.5) is 0 Å². The van der Waals surface area contributed by atoms with Crippen molar-refractivity contribution in [3.63, 3.8) is 0 Å². The van der Waals surface area contributed by atoms with E-state index < -0.39 is 0 Å². The number of hydrogen-bond acceptors (Lipinski definition) is 2. The van der Waals surface area contributed by atoms with Crippen molar-refractivity contribution in [1.82, 2.24) is 0 Å². The zero-order valence-electron chi connectivity index (χ0n) is 15.8. The molecule has 0 aromatic rings. The number of rotatable bonds is 8. The minimum Gasteiger partial charge on any atom is -0.466 e. The molecule has 21 heavy (non-hydrogen) atoms. The second-order valence-corrected chi connectivity index (χ2v) is 5.30. The van der Waals surface area contributed by atoms with Gasteiger partial charge in [0.25, 0.3) is 0 Å². The van der Waals surface area contributed by atoms with Gasteiger partial charge in [-0.25, -0.2) is 0 Å². The second-order valence-electron chi connectivity index (χ2n) is 5.30. The fourth-order valence-corrected chi connectivity index (χ4v) is 1.30. The van der Waals surface area contributed by atoms with E-state index in [9.17, 15) is 4.79 Å². The van der Waals surface area contributed by atoms with Crippen molar-refractivity contribution in [1.29, 1.82) is 0 Å². The summed E-state index contributed by atoms with van der Waals surface area (Å²) in [6, 6.07) is 0. The van der Waals surface area contributed by atoms with Crippen LogP contribution in [0.3, 0.4) is 0 Å². The molecule has 3 heteroatoms. The maximum atomic E-state index is 11.3. The standard InChI is InChI=1S/C14H26O2.2C2H6.Y/c1-6-14(4,5)10-7-11-16-13(15)9-8-12(2)3;2*1-2;/h2,6-11H2,1,3-5H3;2*1-2H3;. The normalized spacial score (nSPS) is 9.14. The Kier molecular flexibility index (Phi) is 28.4. The number of allylic oxidation sites excluding steroid dienone is 1. The van der Waals surface area contributed by atoms with Gasteiger partial charge in [0, 0.05) is 39.1 Å². The van der Waals surface area contributed by atoms with E-state index >= 15 is 0 Å². The van der Waals surface area contributed by atoms with Gasteiger partial charge in [-0.3, -0.25) is 4.79 Å². The van der Waals surface area contributed by atoms with Crippen LogP contribution < -0.4 is 0 Å². The molecule has 0 bridgehead atoms. The smallest absolute Gasteiger partial charge is 0.306 e. The first kappa shape index (κ1) is 29.3. The van der Waals surface area contributed by atoms with E-state index in [1.807, 2.05) is 34.6 Å². The molecule has 2 nitrogen and oxygen atoms in total. The molecular formula is C18H38O2Y. The summed E-state index contributed by atoms with van der Waals surface area (Å²) in [5.41, 5.74) is 1.40. The molecule has 0 aliphatic heterocycles. The van der Waals surface area contributed by atoms with Crippen LogP contribution >= 0.6 is 0 Å². The molecule has 1 radical (unpaired) electrons. The molecule has 0 aromatic carbocycles. The molecular weight excluding hydrogens is 337 g/mol. The predicted octanol–water partition coefficient (Wildman–Crippen LogP) is 6.15. The van der Waals surface area contributed by atoms with Crippen LogP contribution in [0.25, 0.3) is 0 Å². The SMILES string of the molecule is C=C(C)CCC(=O)OCCCC(C)(C)CC.CC.CC.[Y]. The minimum absolute atomic E-state index is 0. The number of carbonyl (C=O) groups is 1. The van der Waals surface area contributed by atoms with E-state index in [1.54, 1.807) is 0 Å². The summed E-state index contributed by atoms with van der Waals surface area (Å²) in [5, 5.41) is 0. The molecule has 0 aromatic heterocycles. The van der Waals surface area contributed by atoms with Crippen molar-refractivity contribution in [2.45, 2.75) is 87.5 Å². The Bertz CT molecular complexity index is 235. The van der Waals surface area contributed by atoms with Crippen LogP contribution in [0, 0.1) is 5.41 Å². The summed E-state index contributed by atoms with van der Waals surface area (Å²) in [6.07, 6.45) is 4.43. The summed E-state index contributed by atoms with van der Waals surface area (Å²) in [7, 11) is 0. The van der Waals surface area contributed by atoms with E-state index in [1.165, 1.54) is 0 Å². The summed E-state index contributed by atoms with van der Waals surface area (Å²) >= 11 is 0. The first-order valence-corrected chi connectivity index (χ1v) is 8.17. The van der Waals surface area contributed by atoms with Gasteiger partial charge in [-0.2, -0.15) is 0 Å². The summed E-state index contributed by atoms with van der Waals surface area (Å²) in [5.74, 6) is -0.0997. The topological polar surface area (TPSA) is 26.3 Å². The van der Waals surface area contributed by atoms with Crippen LogP contribution in [0.5, 0.6) is 0 Å². The molecule has 0 rings (SSSR count). The molecule has 0 fully saturated rings. The molecule has 125 valence electrons. The third-order valence-corrected chi connectivity index (χ3v) is 2.97. The van der Waals surface area contributed by atoms with Crippen molar-refractivity contribution in [3.8, 4) is 0 Å². The van der Waals surface area contributed by atoms with Crippen molar-refractivity contribution in [2.75, 3.05) is 6.61 Å². The first-order valence-electron chi connectivity index (χ1n) is 8.17. The molecule has 0 saturated heterocycles. The minimum atomic E-state index is -0.0997. The van der Waals surface area contributed by atoms with E-state index in [-0.39, 0.29) is 38.7 Å². The molecule has 0 spiro atoms. The van der Waals surface area contributed by atoms with E-state index in [2.05, 4.69) is 27.4 Å². The average molecular weight is 375 g/mol. The van der Waals surface area contributed by atoms with Gasteiger partial charge in [0.2, 0.25) is 0 Å². The van der Waals surface area contributed by atoms with E-state index in [0.717, 1.165) is 31.3 Å². The van der Waals surface area contributed by atoms with Gasteiger partial charge < -0.3 is 4.74 Å². The van der Waals surface area contributed by atoms with Crippen molar-refractivity contribution in [3.05, 3.63) is 12.2 Å². The zero-order valence-corrected chi connectivity index (χ0v) is 18.7. The fraction of sp³-hybridized carbons (Fsp3) is 0.833. The number of hydrogen-bond donors (Lipinski definition) is 0. The predicted molar refractivity (Wildman–Crippen MR) is 91.0 cm³/mol. The molecule has 0 saturated carbocycles. The van der Waals surface area contributed by atoms with Crippen LogP contribution in [0.15, 0.2) is 12.2 Å². The summed E-state index contributed by atoms with van der Waals surface area (Å²) < 4.78 is 5.15. The summed E-state index contributed by atoms with van der Waals surface area (Å²) in [6.45, 7) is 20.9. The number of ether oxygens (including phenoxy) is 1. The van der Waals surface area contributed by atoms with Crippen molar-refractivity contribution < 1.29 is 42.2 Å². The first-order chi connectivity index (χ1) is 9.37. The van der Waals surface area contributed by atoms with E-state index in [4.69, 9.17) is 4.74 Å². The Balaban J connectivity index is -0.000000264. The molecule has 0 heterocycles. The fourth-order valence-electron chi connectivity index (χ4n) is 1.30. The monoisotopic (exact) mass is 375 g/mol. The maximum Gasteiger partial charge on any atom is 0.306 e. The molecule has 0 unspecified atom stereocenters. The molecule has 0 N–H and O–H groups in total. The van der Waals surface area contributed by atoms with Gasteiger partial charge in [0.1, 0.15) is 0 Å². The average Bonchev–Trinajstić information content (AvgIpc) is 2.45. The van der Waals surface area contributed by atoms with Crippen LogP contribution in [0.1, 0.15) is 87.5 Å². The second kappa shape index (κ2) is 20.3. The maximum absolute atomic E-state index is 11.3. The Hall–Kier alpha value is 0.314.